The topological polar surface area (TPSA) is 18.8 Å². The molecule has 16 heavy (non-hydrogen) atoms. The molecule has 1 aliphatic heterocycles. The smallest absolute Gasteiger partial charge is 0.0545 e. The Hall–Kier alpha value is -1.35. The van der Waals surface area contributed by atoms with Crippen LogP contribution in [0.3, 0.4) is 0 Å². The van der Waals surface area contributed by atoms with Gasteiger partial charge in [-0.05, 0) is 25.1 Å². The predicted molar refractivity (Wildman–Crippen MR) is 67.8 cm³/mol. The zero-order valence-corrected chi connectivity index (χ0v) is 10.1. The van der Waals surface area contributed by atoms with E-state index >= 15 is 0 Å². The summed E-state index contributed by atoms with van der Waals surface area (Å²) in [6.45, 7) is 6.37. The Morgan fingerprint density at radius 3 is 2.50 bits per heavy atom. The third-order valence-electron chi connectivity index (χ3n) is 3.03. The molecule has 1 fully saturated rings. The summed E-state index contributed by atoms with van der Waals surface area (Å²) < 4.78 is 0. The fourth-order valence-electron chi connectivity index (χ4n) is 1.79. The van der Waals surface area contributed by atoms with E-state index in [1.54, 1.807) is 0 Å². The number of nitrogens with zero attached hydrogens (tertiary/aromatic N) is 3. The summed E-state index contributed by atoms with van der Waals surface area (Å²) in [5.41, 5.74) is 2.49. The molecule has 1 aliphatic rings. The minimum absolute atomic E-state index is 1.03. The molecule has 0 atom stereocenters. The van der Waals surface area contributed by atoms with E-state index in [-0.39, 0.29) is 0 Å². The van der Waals surface area contributed by atoms with Crippen LogP contribution in [0, 0.1) is 6.92 Å². The lowest BCUT2D eigenvalue weighted by Crippen LogP contribution is -2.41. The van der Waals surface area contributed by atoms with Gasteiger partial charge in [0.2, 0.25) is 0 Å². The molecule has 0 spiro atoms. The SMILES string of the molecule is Cc1ccccc1/C=N/N1CCN(C)CC1. The first-order valence-corrected chi connectivity index (χ1v) is 5.79. The van der Waals surface area contributed by atoms with Gasteiger partial charge in [0.15, 0.2) is 0 Å². The summed E-state index contributed by atoms with van der Waals surface area (Å²) in [5.74, 6) is 0. The lowest BCUT2D eigenvalue weighted by molar-refractivity contribution is 0.159. The monoisotopic (exact) mass is 217 g/mol. The Morgan fingerprint density at radius 2 is 1.81 bits per heavy atom. The van der Waals surface area contributed by atoms with Crippen molar-refractivity contribution >= 4 is 6.21 Å². The third-order valence-corrected chi connectivity index (χ3v) is 3.03. The molecule has 1 aromatic carbocycles. The number of rotatable bonds is 2. The van der Waals surface area contributed by atoms with Gasteiger partial charge in [-0.15, -0.1) is 0 Å². The quantitative estimate of drug-likeness (QED) is 0.700. The third kappa shape index (κ3) is 2.83. The van der Waals surface area contributed by atoms with Crippen molar-refractivity contribution < 1.29 is 0 Å². The zero-order valence-electron chi connectivity index (χ0n) is 10.1. The second-order valence-corrected chi connectivity index (χ2v) is 4.36. The van der Waals surface area contributed by atoms with Crippen LogP contribution in [0.1, 0.15) is 11.1 Å². The van der Waals surface area contributed by atoms with Crippen LogP contribution >= 0.6 is 0 Å². The fraction of sp³-hybridized carbons (Fsp3) is 0.462. The van der Waals surface area contributed by atoms with E-state index in [2.05, 4.69) is 53.2 Å². The normalized spacial score (nSPS) is 18.2. The number of hydrazone groups is 1. The molecule has 0 amide bonds. The number of likely N-dealkylation sites (N-methyl/N-ethyl adjacent to an activating group) is 1. The minimum Gasteiger partial charge on any atom is -0.303 e. The Balaban J connectivity index is 1.97. The van der Waals surface area contributed by atoms with Crippen molar-refractivity contribution in [3.05, 3.63) is 35.4 Å². The number of hydrogen-bond acceptors (Lipinski definition) is 3. The van der Waals surface area contributed by atoms with E-state index in [1.165, 1.54) is 11.1 Å². The number of piperazine rings is 1. The van der Waals surface area contributed by atoms with Crippen molar-refractivity contribution in [3.8, 4) is 0 Å². The average molecular weight is 217 g/mol. The number of aryl methyl sites for hydroxylation is 1. The molecule has 1 heterocycles. The van der Waals surface area contributed by atoms with Gasteiger partial charge in [0.25, 0.3) is 0 Å². The molecule has 86 valence electrons. The maximum Gasteiger partial charge on any atom is 0.0545 e. The van der Waals surface area contributed by atoms with Crippen molar-refractivity contribution in [2.45, 2.75) is 6.92 Å². The molecule has 0 N–H and O–H groups in total. The van der Waals surface area contributed by atoms with Crippen molar-refractivity contribution in [1.29, 1.82) is 0 Å². The van der Waals surface area contributed by atoms with E-state index in [4.69, 9.17) is 0 Å². The minimum atomic E-state index is 1.03. The van der Waals surface area contributed by atoms with Crippen LogP contribution in [-0.2, 0) is 0 Å². The molecule has 0 unspecified atom stereocenters. The second kappa shape index (κ2) is 5.12. The molecular formula is C13H19N3. The lowest BCUT2D eigenvalue weighted by Gasteiger charge is -2.30. The first-order valence-electron chi connectivity index (χ1n) is 5.79. The Morgan fingerprint density at radius 1 is 1.12 bits per heavy atom. The summed E-state index contributed by atoms with van der Waals surface area (Å²) in [6.07, 6.45) is 1.97. The highest BCUT2D eigenvalue weighted by Gasteiger charge is 2.10. The number of benzene rings is 1. The van der Waals surface area contributed by atoms with Crippen LogP contribution in [0.2, 0.25) is 0 Å². The van der Waals surface area contributed by atoms with Gasteiger partial charge in [0.05, 0.1) is 6.21 Å². The first kappa shape index (κ1) is 11.1. The van der Waals surface area contributed by atoms with Gasteiger partial charge in [0.1, 0.15) is 0 Å². The predicted octanol–water partition coefficient (Wildman–Crippen LogP) is 1.58. The molecule has 0 aromatic heterocycles. The Kier molecular flexibility index (Phi) is 3.57. The first-order chi connectivity index (χ1) is 7.75. The highest BCUT2D eigenvalue weighted by Crippen LogP contribution is 2.05. The molecule has 0 bridgehead atoms. The molecule has 3 heteroatoms. The van der Waals surface area contributed by atoms with Crippen LogP contribution in [0.4, 0.5) is 0 Å². The summed E-state index contributed by atoms with van der Waals surface area (Å²) in [5, 5.41) is 6.68. The Labute approximate surface area is 97.4 Å². The van der Waals surface area contributed by atoms with Crippen molar-refractivity contribution in [3.63, 3.8) is 0 Å². The molecular weight excluding hydrogens is 198 g/mol. The van der Waals surface area contributed by atoms with Crippen LogP contribution in [-0.4, -0.2) is 49.4 Å². The maximum absolute atomic E-state index is 4.53. The lowest BCUT2D eigenvalue weighted by atomic mass is 10.1. The van der Waals surface area contributed by atoms with E-state index in [9.17, 15) is 0 Å². The van der Waals surface area contributed by atoms with E-state index in [0.29, 0.717) is 0 Å². The van der Waals surface area contributed by atoms with Gasteiger partial charge in [-0.3, -0.25) is 5.01 Å². The van der Waals surface area contributed by atoms with Crippen LogP contribution in [0.15, 0.2) is 29.4 Å². The van der Waals surface area contributed by atoms with Gasteiger partial charge in [-0.2, -0.15) is 5.10 Å². The average Bonchev–Trinajstić information content (AvgIpc) is 2.30. The summed E-state index contributed by atoms with van der Waals surface area (Å²) in [7, 11) is 2.16. The van der Waals surface area contributed by atoms with Crippen LogP contribution < -0.4 is 0 Å². The molecule has 2 rings (SSSR count). The van der Waals surface area contributed by atoms with Crippen LogP contribution in [0.5, 0.6) is 0 Å². The molecule has 3 nitrogen and oxygen atoms in total. The van der Waals surface area contributed by atoms with E-state index in [1.807, 2.05) is 6.21 Å². The summed E-state index contributed by atoms with van der Waals surface area (Å²) in [4.78, 5) is 2.33. The van der Waals surface area contributed by atoms with Gasteiger partial charge in [0, 0.05) is 26.2 Å². The van der Waals surface area contributed by atoms with Gasteiger partial charge < -0.3 is 4.90 Å². The van der Waals surface area contributed by atoms with Gasteiger partial charge in [-0.25, -0.2) is 0 Å². The molecule has 1 aromatic rings. The van der Waals surface area contributed by atoms with Crippen molar-refractivity contribution in [1.82, 2.24) is 9.91 Å². The summed E-state index contributed by atoms with van der Waals surface area (Å²) in [6, 6.07) is 8.33. The van der Waals surface area contributed by atoms with E-state index < -0.39 is 0 Å². The Bertz CT molecular complexity index is 365. The molecule has 0 aliphatic carbocycles. The standard InChI is InChI=1S/C13H19N3/c1-12-5-3-4-6-13(12)11-14-16-9-7-15(2)8-10-16/h3-6,11H,7-10H2,1-2H3/b14-11+. The van der Waals surface area contributed by atoms with Crippen LogP contribution in [0.25, 0.3) is 0 Å². The highest BCUT2D eigenvalue weighted by atomic mass is 15.5. The molecule has 0 saturated carbocycles. The molecule has 1 saturated heterocycles. The largest absolute Gasteiger partial charge is 0.303 e. The van der Waals surface area contributed by atoms with Gasteiger partial charge >= 0.3 is 0 Å². The van der Waals surface area contributed by atoms with E-state index in [0.717, 1.165) is 26.2 Å². The van der Waals surface area contributed by atoms with Crippen molar-refractivity contribution in [2.24, 2.45) is 5.10 Å². The molecule has 0 radical (unpaired) electrons. The maximum atomic E-state index is 4.53. The zero-order chi connectivity index (χ0) is 11.4. The number of hydrogen-bond donors (Lipinski definition) is 0. The van der Waals surface area contributed by atoms with Gasteiger partial charge in [-0.1, -0.05) is 24.3 Å². The fourth-order valence-corrected chi connectivity index (χ4v) is 1.79. The summed E-state index contributed by atoms with van der Waals surface area (Å²) >= 11 is 0. The second-order valence-electron chi connectivity index (χ2n) is 4.36. The van der Waals surface area contributed by atoms with Crippen molar-refractivity contribution in [2.75, 3.05) is 33.2 Å². The highest BCUT2D eigenvalue weighted by molar-refractivity contribution is 5.81.